The van der Waals surface area contributed by atoms with E-state index in [1.54, 1.807) is 31.3 Å². The van der Waals surface area contributed by atoms with Crippen molar-refractivity contribution in [3.63, 3.8) is 0 Å². The molecule has 2 rings (SSSR count). The third kappa shape index (κ3) is 2.90. The Hall–Kier alpha value is -1.37. The van der Waals surface area contributed by atoms with Crippen LogP contribution in [0.4, 0.5) is 0 Å². The summed E-state index contributed by atoms with van der Waals surface area (Å²) in [5, 5.41) is 6.82. The maximum atomic E-state index is 12.1. The number of sulfonamides is 1. The van der Waals surface area contributed by atoms with Crippen LogP contribution in [-0.2, 0) is 16.6 Å². The third-order valence-corrected chi connectivity index (χ3v) is 4.23. The van der Waals surface area contributed by atoms with E-state index in [1.165, 1.54) is 6.07 Å². The number of nitrogens with one attached hydrogen (secondary N) is 2. The average molecular weight is 286 g/mol. The van der Waals surface area contributed by atoms with Gasteiger partial charge in [-0.05, 0) is 30.7 Å². The number of H-pyrrole nitrogens is 1. The average Bonchev–Trinajstić information content (AvgIpc) is 2.83. The van der Waals surface area contributed by atoms with Crippen LogP contribution in [0.1, 0.15) is 11.3 Å². The maximum Gasteiger partial charge on any atom is 0.241 e. The van der Waals surface area contributed by atoms with Crippen LogP contribution in [0.25, 0.3) is 0 Å². The van der Waals surface area contributed by atoms with Crippen LogP contribution in [0.15, 0.2) is 35.4 Å². The molecule has 0 radical (unpaired) electrons. The smallest absolute Gasteiger partial charge is 0.241 e. The number of benzene rings is 1. The van der Waals surface area contributed by atoms with Gasteiger partial charge in [-0.25, -0.2) is 13.1 Å². The van der Waals surface area contributed by atoms with Crippen molar-refractivity contribution in [3.8, 4) is 0 Å². The molecule has 2 aromatic rings. The van der Waals surface area contributed by atoms with Gasteiger partial charge >= 0.3 is 0 Å². The first-order valence-electron chi connectivity index (χ1n) is 5.23. The fraction of sp³-hybridized carbons (Fsp3) is 0.182. The second-order valence-corrected chi connectivity index (χ2v) is 5.99. The summed E-state index contributed by atoms with van der Waals surface area (Å²) in [4.78, 5) is 0.189. The summed E-state index contributed by atoms with van der Waals surface area (Å²) in [7, 11) is -3.57. The van der Waals surface area contributed by atoms with Crippen molar-refractivity contribution in [2.24, 2.45) is 0 Å². The van der Waals surface area contributed by atoms with E-state index in [2.05, 4.69) is 14.9 Å². The standard InChI is InChI=1S/C11H12ClN3O2S/c1-8-2-3-9(12)6-11(8)18(16,17)14-7-10-4-5-13-15-10/h2-6,14H,7H2,1H3,(H,13,15). The zero-order valence-electron chi connectivity index (χ0n) is 9.64. The van der Waals surface area contributed by atoms with E-state index in [1.807, 2.05) is 0 Å². The lowest BCUT2D eigenvalue weighted by molar-refractivity contribution is 0.579. The van der Waals surface area contributed by atoms with Crippen molar-refractivity contribution >= 4 is 21.6 Å². The minimum absolute atomic E-state index is 0.161. The van der Waals surface area contributed by atoms with Crippen LogP contribution >= 0.6 is 11.6 Å². The van der Waals surface area contributed by atoms with E-state index in [9.17, 15) is 8.42 Å². The lowest BCUT2D eigenvalue weighted by atomic mass is 10.2. The quantitative estimate of drug-likeness (QED) is 0.900. The Morgan fingerprint density at radius 3 is 2.83 bits per heavy atom. The summed E-state index contributed by atoms with van der Waals surface area (Å²) < 4.78 is 26.7. The fourth-order valence-electron chi connectivity index (χ4n) is 1.50. The van der Waals surface area contributed by atoms with Crippen LogP contribution in [-0.4, -0.2) is 18.6 Å². The molecule has 0 fully saturated rings. The Balaban J connectivity index is 2.22. The first-order valence-corrected chi connectivity index (χ1v) is 7.09. The number of nitrogens with zero attached hydrogens (tertiary/aromatic N) is 1. The number of aryl methyl sites for hydroxylation is 1. The molecule has 0 amide bonds. The molecule has 2 N–H and O–H groups in total. The van der Waals surface area contributed by atoms with Gasteiger partial charge in [-0.2, -0.15) is 5.10 Å². The van der Waals surface area contributed by atoms with Crippen molar-refractivity contribution < 1.29 is 8.42 Å². The largest absolute Gasteiger partial charge is 0.281 e. The minimum Gasteiger partial charge on any atom is -0.281 e. The van der Waals surface area contributed by atoms with Crippen molar-refractivity contribution in [3.05, 3.63) is 46.7 Å². The first-order chi connectivity index (χ1) is 8.49. The molecule has 0 saturated carbocycles. The lowest BCUT2D eigenvalue weighted by Gasteiger charge is -2.08. The molecular weight excluding hydrogens is 274 g/mol. The summed E-state index contributed by atoms with van der Waals surface area (Å²) in [5.74, 6) is 0. The molecule has 0 spiro atoms. The number of halogens is 1. The number of aromatic nitrogens is 2. The highest BCUT2D eigenvalue weighted by molar-refractivity contribution is 7.89. The SMILES string of the molecule is Cc1ccc(Cl)cc1S(=O)(=O)NCc1ccn[nH]1. The normalized spacial score (nSPS) is 11.7. The van der Waals surface area contributed by atoms with Gasteiger partial charge in [-0.1, -0.05) is 17.7 Å². The molecule has 1 aromatic heterocycles. The summed E-state index contributed by atoms with van der Waals surface area (Å²) >= 11 is 5.81. The number of hydrogen-bond donors (Lipinski definition) is 2. The Labute approximate surface area is 110 Å². The Morgan fingerprint density at radius 2 is 2.17 bits per heavy atom. The summed E-state index contributed by atoms with van der Waals surface area (Å²) in [5.41, 5.74) is 1.34. The van der Waals surface area contributed by atoms with E-state index in [-0.39, 0.29) is 11.4 Å². The van der Waals surface area contributed by atoms with Crippen LogP contribution in [0.2, 0.25) is 5.02 Å². The lowest BCUT2D eigenvalue weighted by Crippen LogP contribution is -2.24. The third-order valence-electron chi connectivity index (χ3n) is 2.45. The van der Waals surface area contributed by atoms with Gasteiger partial charge in [0, 0.05) is 11.2 Å². The van der Waals surface area contributed by atoms with E-state index >= 15 is 0 Å². The van der Waals surface area contributed by atoms with E-state index in [0.29, 0.717) is 16.3 Å². The molecule has 0 unspecified atom stereocenters. The highest BCUT2D eigenvalue weighted by Crippen LogP contribution is 2.20. The van der Waals surface area contributed by atoms with E-state index in [0.717, 1.165) is 0 Å². The monoisotopic (exact) mass is 285 g/mol. The van der Waals surface area contributed by atoms with Gasteiger partial charge in [-0.3, -0.25) is 5.10 Å². The van der Waals surface area contributed by atoms with Crippen molar-refractivity contribution in [1.29, 1.82) is 0 Å². The molecule has 18 heavy (non-hydrogen) atoms. The molecule has 0 bridgehead atoms. The van der Waals surface area contributed by atoms with Crippen molar-refractivity contribution in [1.82, 2.24) is 14.9 Å². The number of aromatic amines is 1. The van der Waals surface area contributed by atoms with E-state index in [4.69, 9.17) is 11.6 Å². The van der Waals surface area contributed by atoms with Gasteiger partial charge in [0.15, 0.2) is 0 Å². The first kappa shape index (κ1) is 13.1. The molecule has 7 heteroatoms. The Morgan fingerprint density at radius 1 is 1.39 bits per heavy atom. The van der Waals surface area contributed by atoms with Crippen LogP contribution < -0.4 is 4.72 Å². The summed E-state index contributed by atoms with van der Waals surface area (Å²) in [6.45, 7) is 1.88. The van der Waals surface area contributed by atoms with Crippen molar-refractivity contribution in [2.45, 2.75) is 18.4 Å². The van der Waals surface area contributed by atoms with Crippen LogP contribution in [0.5, 0.6) is 0 Å². The molecule has 0 aliphatic rings. The summed E-state index contributed by atoms with van der Waals surface area (Å²) in [6, 6.07) is 6.47. The van der Waals surface area contributed by atoms with Gasteiger partial charge in [0.1, 0.15) is 0 Å². The van der Waals surface area contributed by atoms with Gasteiger partial charge < -0.3 is 0 Å². The number of hydrogen-bond acceptors (Lipinski definition) is 3. The molecule has 1 heterocycles. The second kappa shape index (κ2) is 5.09. The molecular formula is C11H12ClN3O2S. The molecule has 0 atom stereocenters. The molecule has 0 aliphatic carbocycles. The van der Waals surface area contributed by atoms with E-state index < -0.39 is 10.0 Å². The molecule has 5 nitrogen and oxygen atoms in total. The summed E-state index contributed by atoms with van der Waals surface area (Å²) in [6.07, 6.45) is 1.56. The maximum absolute atomic E-state index is 12.1. The van der Waals surface area contributed by atoms with Crippen LogP contribution in [0.3, 0.4) is 0 Å². The minimum atomic E-state index is -3.57. The molecule has 0 aliphatic heterocycles. The van der Waals surface area contributed by atoms with Gasteiger partial charge in [0.25, 0.3) is 0 Å². The molecule has 1 aromatic carbocycles. The number of rotatable bonds is 4. The van der Waals surface area contributed by atoms with Gasteiger partial charge in [0.2, 0.25) is 10.0 Å². The van der Waals surface area contributed by atoms with Gasteiger partial charge in [-0.15, -0.1) is 0 Å². The zero-order valence-corrected chi connectivity index (χ0v) is 11.2. The second-order valence-electron chi connectivity index (χ2n) is 3.82. The van der Waals surface area contributed by atoms with Gasteiger partial charge in [0.05, 0.1) is 17.1 Å². The molecule has 96 valence electrons. The van der Waals surface area contributed by atoms with Crippen LogP contribution in [0, 0.1) is 6.92 Å². The Kier molecular flexibility index (Phi) is 3.70. The fourth-order valence-corrected chi connectivity index (χ4v) is 3.01. The zero-order chi connectivity index (χ0) is 13.2. The Bertz CT molecular complexity index is 638. The predicted octanol–water partition coefficient (Wildman–Crippen LogP) is 1.85. The predicted molar refractivity (Wildman–Crippen MR) is 68.8 cm³/mol. The highest BCUT2D eigenvalue weighted by atomic mass is 35.5. The van der Waals surface area contributed by atoms with Crippen molar-refractivity contribution in [2.75, 3.05) is 0 Å². The highest BCUT2D eigenvalue weighted by Gasteiger charge is 2.17. The topological polar surface area (TPSA) is 74.8 Å². The molecule has 0 saturated heterocycles.